The Bertz CT molecular complexity index is 769. The normalized spacial score (nSPS) is 19.7. The molecule has 10 heteroatoms. The first-order chi connectivity index (χ1) is 13.1. The molecule has 9 nitrogen and oxygen atoms in total. The highest BCUT2D eigenvalue weighted by atomic mass is 19.1. The lowest BCUT2D eigenvalue weighted by Gasteiger charge is -2.24. The van der Waals surface area contributed by atoms with Gasteiger partial charge in [-0.1, -0.05) is 6.58 Å². The van der Waals surface area contributed by atoms with Crippen LogP contribution in [0, 0.1) is 5.82 Å². The van der Waals surface area contributed by atoms with E-state index in [-0.39, 0.29) is 13.1 Å². The average Bonchev–Trinajstić information content (AvgIpc) is 3.06. The molecule has 2 N–H and O–H groups in total. The van der Waals surface area contributed by atoms with E-state index in [1.54, 1.807) is 17.0 Å². The Hall–Kier alpha value is -3.14. The number of cyclic esters (lactones) is 1. The van der Waals surface area contributed by atoms with Crippen molar-refractivity contribution in [3.05, 3.63) is 36.7 Å². The molecule has 0 bridgehead atoms. The van der Waals surface area contributed by atoms with Gasteiger partial charge < -0.3 is 15.1 Å². The molecule has 0 saturated carbocycles. The molecule has 27 heavy (non-hydrogen) atoms. The third-order valence-corrected chi connectivity index (χ3v) is 4.04. The Labute approximate surface area is 156 Å². The molecule has 1 saturated heterocycles. The van der Waals surface area contributed by atoms with Crippen LogP contribution in [0.25, 0.3) is 0 Å². The molecule has 1 atom stereocenters. The highest BCUT2D eigenvalue weighted by molar-refractivity contribution is 5.92. The van der Waals surface area contributed by atoms with Crippen LogP contribution in [-0.2, 0) is 9.57 Å². The van der Waals surface area contributed by atoms with Gasteiger partial charge in [-0.15, -0.1) is 0 Å². The Kier molecular flexibility index (Phi) is 5.87. The van der Waals surface area contributed by atoms with Gasteiger partial charge in [0, 0.05) is 6.54 Å². The lowest BCUT2D eigenvalue weighted by Crippen LogP contribution is -2.35. The van der Waals surface area contributed by atoms with Crippen molar-refractivity contribution in [3.63, 3.8) is 0 Å². The minimum Gasteiger partial charge on any atom is -0.442 e. The fourth-order valence-electron chi connectivity index (χ4n) is 2.75. The summed E-state index contributed by atoms with van der Waals surface area (Å²) in [6.07, 6.45) is 2.04. The van der Waals surface area contributed by atoms with Crippen LogP contribution in [0.5, 0.6) is 0 Å². The molecular formula is C17H21FN6O3. The van der Waals surface area contributed by atoms with Crippen molar-refractivity contribution in [3.8, 4) is 0 Å². The monoisotopic (exact) mass is 376 g/mol. The second-order valence-electron chi connectivity index (χ2n) is 5.83. The smallest absolute Gasteiger partial charge is 0.414 e. The summed E-state index contributed by atoms with van der Waals surface area (Å²) in [6, 6.07) is 4.63. The van der Waals surface area contributed by atoms with Gasteiger partial charge in [-0.2, -0.15) is 5.10 Å². The zero-order valence-electron chi connectivity index (χ0n) is 14.9. The number of rotatable bonds is 6. The number of carbonyl (C=O) groups excluding carboxylic acids is 1. The Morgan fingerprint density at radius 2 is 2.48 bits per heavy atom. The standard InChI is InChI=1S/C17H21FN6O3/c1-3-16(22-26-2)19-9-13-10-24(17(25)27-13)12-4-5-15(14(18)8-12)23-7-6-20-21-11-23/h3-5,8,11,13,20H,1,6-7,9-10H2,2H3,(H,19,22). The summed E-state index contributed by atoms with van der Waals surface area (Å²) in [5, 5.41) is 3.92. The van der Waals surface area contributed by atoms with Crippen LogP contribution in [0.15, 0.2) is 40.9 Å². The molecule has 2 aliphatic heterocycles. The summed E-state index contributed by atoms with van der Waals surface area (Å²) in [5.41, 5.74) is 6.20. The fraction of sp³-hybridized carbons (Fsp3) is 0.353. The van der Waals surface area contributed by atoms with Gasteiger partial charge in [0.1, 0.15) is 24.1 Å². The number of amidine groups is 1. The van der Waals surface area contributed by atoms with E-state index in [0.717, 1.165) is 0 Å². The van der Waals surface area contributed by atoms with E-state index in [4.69, 9.17) is 9.57 Å². The molecule has 1 unspecified atom stereocenters. The zero-order valence-corrected chi connectivity index (χ0v) is 14.9. The number of anilines is 2. The average molecular weight is 376 g/mol. The summed E-state index contributed by atoms with van der Waals surface area (Å²) in [5.74, 6) is -0.00607. The van der Waals surface area contributed by atoms with E-state index in [1.165, 1.54) is 30.5 Å². The van der Waals surface area contributed by atoms with Crippen LogP contribution in [0.1, 0.15) is 0 Å². The number of halogens is 1. The van der Waals surface area contributed by atoms with Gasteiger partial charge in [-0.25, -0.2) is 14.7 Å². The molecule has 1 aromatic rings. The number of carbonyl (C=O) groups is 1. The number of hydroxylamine groups is 1. The van der Waals surface area contributed by atoms with Gasteiger partial charge >= 0.3 is 6.09 Å². The Balaban J connectivity index is 1.68. The molecule has 1 fully saturated rings. The second kappa shape index (κ2) is 8.49. The fourth-order valence-corrected chi connectivity index (χ4v) is 2.75. The number of hydrogen-bond acceptors (Lipinski definition) is 7. The van der Waals surface area contributed by atoms with Crippen LogP contribution in [-0.4, -0.2) is 57.7 Å². The van der Waals surface area contributed by atoms with E-state index < -0.39 is 18.0 Å². The van der Waals surface area contributed by atoms with Crippen LogP contribution in [0.2, 0.25) is 0 Å². The summed E-state index contributed by atoms with van der Waals surface area (Å²) in [7, 11) is 1.46. The molecule has 2 aliphatic rings. The van der Waals surface area contributed by atoms with E-state index in [9.17, 15) is 9.18 Å². The topological polar surface area (TPSA) is 90.8 Å². The lowest BCUT2D eigenvalue weighted by molar-refractivity contribution is 0.140. The molecule has 0 radical (unpaired) electrons. The van der Waals surface area contributed by atoms with Gasteiger partial charge in [0.25, 0.3) is 0 Å². The third-order valence-electron chi connectivity index (χ3n) is 4.04. The first kappa shape index (κ1) is 18.6. The van der Waals surface area contributed by atoms with Gasteiger partial charge in [0.15, 0.2) is 0 Å². The van der Waals surface area contributed by atoms with Crippen molar-refractivity contribution in [2.24, 2.45) is 10.1 Å². The molecule has 2 heterocycles. The summed E-state index contributed by atoms with van der Waals surface area (Å²) >= 11 is 0. The maximum atomic E-state index is 14.5. The van der Waals surface area contributed by atoms with Gasteiger partial charge in [0.05, 0.1) is 38.1 Å². The number of ether oxygens (including phenoxy) is 1. The minimum absolute atomic E-state index is 0.234. The second-order valence-corrected chi connectivity index (χ2v) is 5.83. The highest BCUT2D eigenvalue weighted by Gasteiger charge is 2.32. The van der Waals surface area contributed by atoms with Crippen LogP contribution < -0.4 is 20.7 Å². The maximum Gasteiger partial charge on any atom is 0.414 e. The van der Waals surface area contributed by atoms with E-state index in [2.05, 4.69) is 27.6 Å². The van der Waals surface area contributed by atoms with Crippen LogP contribution in [0.3, 0.4) is 0 Å². The largest absolute Gasteiger partial charge is 0.442 e. The van der Waals surface area contributed by atoms with Gasteiger partial charge in [-0.05, 0) is 24.3 Å². The molecule has 1 aromatic carbocycles. The number of nitrogens with zero attached hydrogens (tertiary/aromatic N) is 4. The number of hydrogen-bond donors (Lipinski definition) is 2. The van der Waals surface area contributed by atoms with Gasteiger partial charge in [0.2, 0.25) is 0 Å². The number of aliphatic imine (C=N–C) groups is 1. The molecule has 0 aliphatic carbocycles. The predicted octanol–water partition coefficient (Wildman–Crippen LogP) is 1.24. The summed E-state index contributed by atoms with van der Waals surface area (Å²) in [6.45, 7) is 5.35. The number of benzene rings is 1. The first-order valence-electron chi connectivity index (χ1n) is 8.38. The molecule has 1 amide bonds. The van der Waals surface area contributed by atoms with Crippen molar-refractivity contribution in [1.29, 1.82) is 0 Å². The minimum atomic E-state index is -0.536. The SMILES string of the molecule is C=CC(=NCC1CN(c2ccc(N3C=NNCC3)c(F)c2)C(=O)O1)NOC. The third kappa shape index (κ3) is 4.34. The number of hydrazone groups is 1. The first-order valence-corrected chi connectivity index (χ1v) is 8.38. The Morgan fingerprint density at radius 1 is 1.63 bits per heavy atom. The molecule has 0 spiro atoms. The number of nitrogens with one attached hydrogen (secondary N) is 2. The zero-order chi connectivity index (χ0) is 19.2. The van der Waals surface area contributed by atoms with Crippen molar-refractivity contribution in [2.45, 2.75) is 6.10 Å². The quantitative estimate of drug-likeness (QED) is 0.441. The maximum absolute atomic E-state index is 14.5. The van der Waals surface area contributed by atoms with E-state index in [1.807, 2.05) is 0 Å². The van der Waals surface area contributed by atoms with E-state index >= 15 is 0 Å². The summed E-state index contributed by atoms with van der Waals surface area (Å²) in [4.78, 5) is 24.2. The van der Waals surface area contributed by atoms with E-state index in [0.29, 0.717) is 30.3 Å². The van der Waals surface area contributed by atoms with Gasteiger partial charge in [-0.3, -0.25) is 14.7 Å². The highest BCUT2D eigenvalue weighted by Crippen LogP contribution is 2.27. The molecule has 0 aromatic heterocycles. The van der Waals surface area contributed by atoms with Crippen molar-refractivity contribution in [2.75, 3.05) is 43.1 Å². The molecule has 144 valence electrons. The Morgan fingerprint density at radius 3 is 3.15 bits per heavy atom. The van der Waals surface area contributed by atoms with Crippen molar-refractivity contribution < 1.29 is 18.8 Å². The van der Waals surface area contributed by atoms with Crippen LogP contribution in [0.4, 0.5) is 20.6 Å². The predicted molar refractivity (Wildman–Crippen MR) is 100 cm³/mol. The van der Waals surface area contributed by atoms with Crippen molar-refractivity contribution in [1.82, 2.24) is 10.9 Å². The molecule has 3 rings (SSSR count). The number of amides is 1. The lowest BCUT2D eigenvalue weighted by atomic mass is 10.2. The van der Waals surface area contributed by atoms with Crippen LogP contribution >= 0.6 is 0 Å². The molecular weight excluding hydrogens is 355 g/mol. The summed E-state index contributed by atoms with van der Waals surface area (Å²) < 4.78 is 19.8. The van der Waals surface area contributed by atoms with Crippen molar-refractivity contribution >= 4 is 29.6 Å².